The summed E-state index contributed by atoms with van der Waals surface area (Å²) in [4.78, 5) is 4.57. The molecule has 5 nitrogen and oxygen atoms in total. The molecule has 4 aliphatic carbocycles. The lowest BCUT2D eigenvalue weighted by Gasteiger charge is -2.56. The Bertz CT molecular complexity index is 437. The molecule has 0 unspecified atom stereocenters. The second-order valence-corrected chi connectivity index (χ2v) is 6.51. The van der Waals surface area contributed by atoms with Gasteiger partial charge in [0, 0.05) is 5.41 Å². The van der Waals surface area contributed by atoms with Crippen molar-refractivity contribution < 1.29 is 0 Å². The highest BCUT2D eigenvalue weighted by Gasteiger charge is 2.52. The number of hydrazine groups is 1. The van der Waals surface area contributed by atoms with Crippen molar-refractivity contribution in [3.05, 3.63) is 11.9 Å². The lowest BCUT2D eigenvalue weighted by Crippen LogP contribution is -2.49. The quantitative estimate of drug-likeness (QED) is 0.611. The standard InChI is InChI=1S/C13H19N5/c14-17-12-16-11(7-15-18-12)13-4-8-1-9(5-13)3-10(2-8)6-13/h7-10H,1-6,14H2,(H,16,17,18). The monoisotopic (exact) mass is 245 g/mol. The molecule has 1 aromatic heterocycles. The summed E-state index contributed by atoms with van der Waals surface area (Å²) < 4.78 is 0. The Morgan fingerprint density at radius 2 is 1.72 bits per heavy atom. The summed E-state index contributed by atoms with van der Waals surface area (Å²) in [6.07, 6.45) is 10.1. The van der Waals surface area contributed by atoms with Gasteiger partial charge in [0.1, 0.15) is 0 Å². The molecule has 5 heteroatoms. The molecule has 3 N–H and O–H groups in total. The molecule has 4 bridgehead atoms. The van der Waals surface area contributed by atoms with Crippen LogP contribution in [0.25, 0.3) is 0 Å². The van der Waals surface area contributed by atoms with Crippen molar-refractivity contribution >= 4 is 5.95 Å². The maximum absolute atomic E-state index is 5.40. The van der Waals surface area contributed by atoms with Crippen LogP contribution in [0.15, 0.2) is 6.20 Å². The van der Waals surface area contributed by atoms with E-state index >= 15 is 0 Å². The summed E-state index contributed by atoms with van der Waals surface area (Å²) in [7, 11) is 0. The van der Waals surface area contributed by atoms with E-state index in [1.165, 1.54) is 38.5 Å². The van der Waals surface area contributed by atoms with Gasteiger partial charge in [0.2, 0.25) is 0 Å². The zero-order valence-corrected chi connectivity index (χ0v) is 10.5. The minimum Gasteiger partial charge on any atom is -0.291 e. The molecule has 0 spiro atoms. The summed E-state index contributed by atoms with van der Waals surface area (Å²) in [5, 5.41) is 7.95. The number of hydrogen-bond acceptors (Lipinski definition) is 5. The van der Waals surface area contributed by atoms with Crippen molar-refractivity contribution in [2.24, 2.45) is 23.6 Å². The van der Waals surface area contributed by atoms with Gasteiger partial charge in [-0.1, -0.05) is 0 Å². The maximum Gasteiger partial charge on any atom is 0.257 e. The molecule has 96 valence electrons. The summed E-state index contributed by atoms with van der Waals surface area (Å²) in [6, 6.07) is 0. The molecule has 4 aliphatic rings. The number of nitrogens with one attached hydrogen (secondary N) is 1. The highest BCUT2D eigenvalue weighted by Crippen LogP contribution is 2.60. The number of nitrogens with zero attached hydrogens (tertiary/aromatic N) is 3. The van der Waals surface area contributed by atoms with Crippen LogP contribution >= 0.6 is 0 Å². The number of nitrogens with two attached hydrogens (primary N) is 1. The molecule has 0 atom stereocenters. The highest BCUT2D eigenvalue weighted by atomic mass is 15.3. The van der Waals surface area contributed by atoms with E-state index in [1.54, 1.807) is 0 Å². The minimum absolute atomic E-state index is 0.274. The van der Waals surface area contributed by atoms with Crippen LogP contribution in [-0.2, 0) is 5.41 Å². The van der Waals surface area contributed by atoms with Gasteiger partial charge < -0.3 is 0 Å². The van der Waals surface area contributed by atoms with Gasteiger partial charge in [0.25, 0.3) is 5.95 Å². The molecule has 0 saturated heterocycles. The van der Waals surface area contributed by atoms with Crippen molar-refractivity contribution in [3.8, 4) is 0 Å². The van der Waals surface area contributed by atoms with Gasteiger partial charge in [-0.2, -0.15) is 5.10 Å². The Labute approximate surface area is 107 Å². The second-order valence-electron chi connectivity index (χ2n) is 6.51. The van der Waals surface area contributed by atoms with Crippen LogP contribution < -0.4 is 11.3 Å². The fourth-order valence-corrected chi connectivity index (χ4v) is 5.04. The smallest absolute Gasteiger partial charge is 0.257 e. The van der Waals surface area contributed by atoms with Gasteiger partial charge in [-0.05, 0) is 56.3 Å². The molecule has 0 radical (unpaired) electrons. The van der Waals surface area contributed by atoms with Gasteiger partial charge in [0.15, 0.2) is 0 Å². The van der Waals surface area contributed by atoms with E-state index in [9.17, 15) is 0 Å². The topological polar surface area (TPSA) is 76.7 Å². The van der Waals surface area contributed by atoms with Crippen LogP contribution in [0.2, 0.25) is 0 Å². The number of hydrogen-bond donors (Lipinski definition) is 2. The molecule has 0 aliphatic heterocycles. The summed E-state index contributed by atoms with van der Waals surface area (Å²) in [5.74, 6) is 8.59. The SMILES string of the molecule is NNc1nncc(C23CC4CC(CC(C4)C2)C3)n1. The highest BCUT2D eigenvalue weighted by molar-refractivity contribution is 5.27. The lowest BCUT2D eigenvalue weighted by molar-refractivity contribution is -0.00740. The van der Waals surface area contributed by atoms with Gasteiger partial charge in [-0.25, -0.2) is 10.8 Å². The van der Waals surface area contributed by atoms with Crippen LogP contribution in [0.3, 0.4) is 0 Å². The van der Waals surface area contributed by atoms with E-state index < -0.39 is 0 Å². The van der Waals surface area contributed by atoms with Crippen LogP contribution in [0, 0.1) is 17.8 Å². The Morgan fingerprint density at radius 1 is 1.11 bits per heavy atom. The maximum atomic E-state index is 5.40. The molecular formula is C13H19N5. The largest absolute Gasteiger partial charge is 0.291 e. The Hall–Kier alpha value is -1.23. The lowest BCUT2D eigenvalue weighted by atomic mass is 9.49. The Balaban J connectivity index is 1.74. The third-order valence-corrected chi connectivity index (χ3v) is 5.27. The number of anilines is 1. The molecule has 4 fully saturated rings. The molecule has 18 heavy (non-hydrogen) atoms. The summed E-state index contributed by atoms with van der Waals surface area (Å²) >= 11 is 0. The van der Waals surface area contributed by atoms with E-state index in [1.807, 2.05) is 6.20 Å². The first-order valence-electron chi connectivity index (χ1n) is 6.94. The summed E-state index contributed by atoms with van der Waals surface area (Å²) in [5.41, 5.74) is 3.90. The van der Waals surface area contributed by atoms with E-state index in [-0.39, 0.29) is 5.41 Å². The van der Waals surface area contributed by atoms with Crippen molar-refractivity contribution in [2.75, 3.05) is 5.43 Å². The first-order chi connectivity index (χ1) is 8.77. The van der Waals surface area contributed by atoms with Crippen molar-refractivity contribution in [3.63, 3.8) is 0 Å². The molecule has 1 aromatic rings. The van der Waals surface area contributed by atoms with Crippen LogP contribution in [-0.4, -0.2) is 15.2 Å². The third-order valence-electron chi connectivity index (χ3n) is 5.27. The fourth-order valence-electron chi connectivity index (χ4n) is 5.04. The predicted octanol–water partition coefficient (Wildman–Crippen LogP) is 1.62. The number of rotatable bonds is 2. The molecule has 4 saturated carbocycles. The number of nitrogen functional groups attached to an aromatic ring is 1. The molecule has 5 rings (SSSR count). The van der Waals surface area contributed by atoms with Crippen LogP contribution in [0.1, 0.15) is 44.2 Å². The zero-order valence-electron chi connectivity index (χ0n) is 10.5. The van der Waals surface area contributed by atoms with Gasteiger partial charge in [-0.3, -0.25) is 5.43 Å². The molecule has 0 aromatic carbocycles. The van der Waals surface area contributed by atoms with E-state index in [0.717, 1.165) is 23.4 Å². The zero-order chi connectivity index (χ0) is 12.2. The average molecular weight is 245 g/mol. The Morgan fingerprint density at radius 3 is 2.28 bits per heavy atom. The predicted molar refractivity (Wildman–Crippen MR) is 67.5 cm³/mol. The second kappa shape index (κ2) is 3.63. The fraction of sp³-hybridized carbons (Fsp3) is 0.769. The Kier molecular flexibility index (Phi) is 2.15. The number of aromatic nitrogens is 3. The van der Waals surface area contributed by atoms with Crippen LogP contribution in [0.4, 0.5) is 5.95 Å². The average Bonchev–Trinajstić information content (AvgIpc) is 2.37. The van der Waals surface area contributed by atoms with E-state index in [0.29, 0.717) is 5.95 Å². The van der Waals surface area contributed by atoms with Crippen molar-refractivity contribution in [1.29, 1.82) is 0 Å². The van der Waals surface area contributed by atoms with Gasteiger partial charge in [-0.15, -0.1) is 5.10 Å². The first-order valence-corrected chi connectivity index (χ1v) is 6.94. The van der Waals surface area contributed by atoms with Gasteiger partial charge >= 0.3 is 0 Å². The van der Waals surface area contributed by atoms with Crippen LogP contribution in [0.5, 0.6) is 0 Å². The minimum atomic E-state index is 0.274. The summed E-state index contributed by atoms with van der Waals surface area (Å²) in [6.45, 7) is 0. The third kappa shape index (κ3) is 1.46. The normalized spacial score (nSPS) is 41.1. The first kappa shape index (κ1) is 10.7. The molecule has 1 heterocycles. The van der Waals surface area contributed by atoms with Crippen molar-refractivity contribution in [1.82, 2.24) is 15.2 Å². The van der Waals surface area contributed by atoms with E-state index in [4.69, 9.17) is 5.84 Å². The molecular weight excluding hydrogens is 226 g/mol. The van der Waals surface area contributed by atoms with E-state index in [2.05, 4.69) is 20.6 Å². The van der Waals surface area contributed by atoms with Gasteiger partial charge in [0.05, 0.1) is 11.9 Å². The van der Waals surface area contributed by atoms with Crippen molar-refractivity contribution in [2.45, 2.75) is 43.9 Å². The molecule has 0 amide bonds.